The van der Waals surface area contributed by atoms with E-state index in [1.807, 2.05) is 18.2 Å². The van der Waals surface area contributed by atoms with Gasteiger partial charge in [-0.1, -0.05) is 49.4 Å². The number of ether oxygens (including phenoxy) is 1. The van der Waals surface area contributed by atoms with Gasteiger partial charge in [-0.3, -0.25) is 15.0 Å². The van der Waals surface area contributed by atoms with E-state index < -0.39 is 6.04 Å². The molecular formula is C22H31N5O3. The van der Waals surface area contributed by atoms with Crippen LogP contribution < -0.4 is 26.8 Å². The van der Waals surface area contributed by atoms with Crippen molar-refractivity contribution in [2.45, 2.75) is 32.9 Å². The minimum absolute atomic E-state index is 0.00120. The fourth-order valence-electron chi connectivity index (χ4n) is 2.51. The fraction of sp³-hybridized carbons (Fsp3) is 0.318. The fourth-order valence-corrected chi connectivity index (χ4v) is 2.51. The van der Waals surface area contributed by atoms with Crippen LogP contribution in [0.15, 0.2) is 48.5 Å². The maximum Gasteiger partial charge on any atom is 0.242 e. The minimum Gasteiger partial charge on any atom is -0.496 e. The molecule has 0 aliphatic heterocycles. The summed E-state index contributed by atoms with van der Waals surface area (Å²) in [5.74, 6) is 0.324. The van der Waals surface area contributed by atoms with Crippen LogP contribution in [-0.2, 0) is 22.6 Å². The third-order valence-corrected chi connectivity index (χ3v) is 4.26. The molecule has 2 aromatic rings. The molecule has 0 bridgehead atoms. The van der Waals surface area contributed by atoms with E-state index in [4.69, 9.17) is 21.6 Å². The number of methoxy groups -OCH3 is 1. The van der Waals surface area contributed by atoms with Crippen molar-refractivity contribution in [1.29, 1.82) is 5.41 Å². The molecule has 0 heterocycles. The summed E-state index contributed by atoms with van der Waals surface area (Å²) in [4.78, 5) is 22.8. The number of benzene rings is 2. The molecule has 2 amide bonds. The summed E-state index contributed by atoms with van der Waals surface area (Å²) in [5, 5.41) is 12.4. The van der Waals surface area contributed by atoms with Gasteiger partial charge in [-0.2, -0.15) is 0 Å². The molecule has 0 saturated heterocycles. The van der Waals surface area contributed by atoms with Gasteiger partial charge in [-0.25, -0.2) is 0 Å². The van der Waals surface area contributed by atoms with Crippen molar-refractivity contribution in [3.05, 3.63) is 65.2 Å². The zero-order valence-corrected chi connectivity index (χ0v) is 17.7. The van der Waals surface area contributed by atoms with Crippen LogP contribution in [0.25, 0.3) is 0 Å². The molecule has 8 nitrogen and oxygen atoms in total. The molecule has 8 heteroatoms. The Morgan fingerprint density at radius 1 is 1.13 bits per heavy atom. The molecule has 2 rings (SSSR count). The number of aryl methyl sites for hydroxylation is 1. The Bertz CT molecular complexity index is 814. The normalized spacial score (nSPS) is 10.8. The molecule has 0 spiro atoms. The zero-order valence-electron chi connectivity index (χ0n) is 17.7. The highest BCUT2D eigenvalue weighted by Crippen LogP contribution is 2.16. The molecule has 1 unspecified atom stereocenters. The number of amidine groups is 1. The smallest absolute Gasteiger partial charge is 0.242 e. The average molecular weight is 414 g/mol. The molecule has 0 fully saturated rings. The van der Waals surface area contributed by atoms with Gasteiger partial charge in [0.2, 0.25) is 11.8 Å². The maximum atomic E-state index is 11.7. The Hall–Kier alpha value is -3.39. The molecule has 0 radical (unpaired) electrons. The number of nitrogens with two attached hydrogens (primary N) is 2. The van der Waals surface area contributed by atoms with Crippen molar-refractivity contribution in [2.24, 2.45) is 11.5 Å². The van der Waals surface area contributed by atoms with Gasteiger partial charge in [0.1, 0.15) is 17.6 Å². The quantitative estimate of drug-likeness (QED) is 0.327. The summed E-state index contributed by atoms with van der Waals surface area (Å²) < 4.78 is 5.14. The lowest BCUT2D eigenvalue weighted by atomic mass is 10.1. The number of para-hydroxylation sites is 1. The van der Waals surface area contributed by atoms with E-state index in [9.17, 15) is 9.59 Å². The highest BCUT2D eigenvalue weighted by atomic mass is 16.5. The maximum absolute atomic E-state index is 11.7. The predicted molar refractivity (Wildman–Crippen MR) is 118 cm³/mol. The Kier molecular flexibility index (Phi) is 10.6. The van der Waals surface area contributed by atoms with E-state index in [0.717, 1.165) is 17.7 Å². The molecule has 30 heavy (non-hydrogen) atoms. The average Bonchev–Trinajstić information content (AvgIpc) is 2.77. The lowest BCUT2D eigenvalue weighted by Crippen LogP contribution is -2.46. The zero-order chi connectivity index (χ0) is 22.5. The second-order valence-corrected chi connectivity index (χ2v) is 6.49. The molecule has 0 saturated carbocycles. The van der Waals surface area contributed by atoms with E-state index in [0.29, 0.717) is 12.1 Å². The van der Waals surface area contributed by atoms with Gasteiger partial charge in [-0.15, -0.1) is 0 Å². The number of hydrogen-bond donors (Lipinski definition) is 5. The van der Waals surface area contributed by atoms with Crippen LogP contribution in [0.4, 0.5) is 0 Å². The van der Waals surface area contributed by atoms with E-state index in [1.54, 1.807) is 38.3 Å². The van der Waals surface area contributed by atoms with Gasteiger partial charge in [0, 0.05) is 12.1 Å². The second-order valence-electron chi connectivity index (χ2n) is 6.49. The third kappa shape index (κ3) is 8.32. The Balaban J connectivity index is 0.000000375. The van der Waals surface area contributed by atoms with Gasteiger partial charge < -0.3 is 26.8 Å². The standard InChI is InChI=1S/C13H19N5O2.C9H12O/c1-8(18-11(19)6-14)13(20)17-7-9-2-4-10(5-3-9)12(15)16;1-3-8-6-4-5-7-9(8)10-2/h2-5,8H,6-7,14H2,1H3,(H3,15,16)(H,17,20)(H,18,19);4-7H,3H2,1-2H3. The van der Waals surface area contributed by atoms with Crippen LogP contribution >= 0.6 is 0 Å². The summed E-state index contributed by atoms with van der Waals surface area (Å²) in [5.41, 5.74) is 13.3. The summed E-state index contributed by atoms with van der Waals surface area (Å²) >= 11 is 0. The molecule has 2 aromatic carbocycles. The predicted octanol–water partition coefficient (Wildman–Crippen LogP) is 1.31. The Labute approximate surface area is 177 Å². The number of rotatable bonds is 8. The van der Waals surface area contributed by atoms with Crippen LogP contribution in [0.1, 0.15) is 30.5 Å². The largest absolute Gasteiger partial charge is 0.496 e. The van der Waals surface area contributed by atoms with Crippen LogP contribution in [0.5, 0.6) is 5.75 Å². The number of carbonyl (C=O) groups is 2. The monoisotopic (exact) mass is 413 g/mol. The number of carbonyl (C=O) groups excluding carboxylic acids is 2. The first kappa shape index (κ1) is 24.6. The minimum atomic E-state index is -0.637. The summed E-state index contributed by atoms with van der Waals surface area (Å²) in [6, 6.07) is 14.4. The molecule has 7 N–H and O–H groups in total. The van der Waals surface area contributed by atoms with Crippen LogP contribution in [0.3, 0.4) is 0 Å². The van der Waals surface area contributed by atoms with E-state index in [1.165, 1.54) is 5.56 Å². The summed E-state index contributed by atoms with van der Waals surface area (Å²) in [7, 11) is 1.70. The van der Waals surface area contributed by atoms with Crippen LogP contribution in [0, 0.1) is 5.41 Å². The van der Waals surface area contributed by atoms with E-state index >= 15 is 0 Å². The molecule has 0 aromatic heterocycles. The Morgan fingerprint density at radius 3 is 2.27 bits per heavy atom. The third-order valence-electron chi connectivity index (χ3n) is 4.26. The topological polar surface area (TPSA) is 143 Å². The SMILES string of the molecule is CC(NC(=O)CN)C(=O)NCc1ccc(C(=N)N)cc1.CCc1ccccc1OC. The van der Waals surface area contributed by atoms with Crippen LogP contribution in [-0.4, -0.2) is 37.3 Å². The first-order valence-corrected chi connectivity index (χ1v) is 9.64. The highest BCUT2D eigenvalue weighted by Gasteiger charge is 2.14. The van der Waals surface area contributed by atoms with Gasteiger partial charge in [0.25, 0.3) is 0 Å². The second kappa shape index (κ2) is 12.9. The summed E-state index contributed by atoms with van der Waals surface area (Å²) in [6.07, 6.45) is 1.03. The Morgan fingerprint density at radius 2 is 1.77 bits per heavy atom. The van der Waals surface area contributed by atoms with Gasteiger partial charge in [-0.05, 0) is 30.5 Å². The number of nitrogens with one attached hydrogen (secondary N) is 3. The summed E-state index contributed by atoms with van der Waals surface area (Å²) in [6.45, 7) is 3.89. The first-order chi connectivity index (χ1) is 14.3. The highest BCUT2D eigenvalue weighted by molar-refractivity contribution is 5.94. The van der Waals surface area contributed by atoms with Gasteiger partial charge >= 0.3 is 0 Å². The van der Waals surface area contributed by atoms with Crippen molar-refractivity contribution < 1.29 is 14.3 Å². The number of nitrogen functional groups attached to an aromatic ring is 1. The van der Waals surface area contributed by atoms with Crippen molar-refractivity contribution in [1.82, 2.24) is 10.6 Å². The molecule has 0 aliphatic carbocycles. The van der Waals surface area contributed by atoms with Crippen molar-refractivity contribution in [3.8, 4) is 5.75 Å². The van der Waals surface area contributed by atoms with E-state index in [2.05, 4.69) is 23.6 Å². The van der Waals surface area contributed by atoms with E-state index in [-0.39, 0.29) is 24.2 Å². The lowest BCUT2D eigenvalue weighted by molar-refractivity contribution is -0.128. The molecular weight excluding hydrogens is 382 g/mol. The number of hydrogen-bond acceptors (Lipinski definition) is 5. The lowest BCUT2D eigenvalue weighted by Gasteiger charge is -2.13. The van der Waals surface area contributed by atoms with Gasteiger partial charge in [0.15, 0.2) is 0 Å². The van der Waals surface area contributed by atoms with Crippen molar-refractivity contribution >= 4 is 17.6 Å². The van der Waals surface area contributed by atoms with Gasteiger partial charge in [0.05, 0.1) is 13.7 Å². The molecule has 162 valence electrons. The first-order valence-electron chi connectivity index (χ1n) is 9.64. The van der Waals surface area contributed by atoms with Crippen LogP contribution in [0.2, 0.25) is 0 Å². The van der Waals surface area contributed by atoms with Crippen molar-refractivity contribution in [2.75, 3.05) is 13.7 Å². The molecule has 0 aliphatic rings. The number of amides is 2. The molecule has 1 atom stereocenters. The van der Waals surface area contributed by atoms with Crippen molar-refractivity contribution in [3.63, 3.8) is 0 Å².